The second kappa shape index (κ2) is 8.16. The lowest BCUT2D eigenvalue weighted by molar-refractivity contribution is -0.127. The van der Waals surface area contributed by atoms with Crippen molar-refractivity contribution in [1.29, 1.82) is 0 Å². The molecule has 5 nitrogen and oxygen atoms in total. The molecule has 150 valence electrons. The summed E-state index contributed by atoms with van der Waals surface area (Å²) in [6, 6.07) is 19.3. The van der Waals surface area contributed by atoms with Crippen molar-refractivity contribution in [3.63, 3.8) is 0 Å². The summed E-state index contributed by atoms with van der Waals surface area (Å²) < 4.78 is 0. The predicted molar refractivity (Wildman–Crippen MR) is 121 cm³/mol. The Balaban J connectivity index is 1.53. The molecule has 1 N–H and O–H groups in total. The van der Waals surface area contributed by atoms with Crippen LogP contribution in [-0.4, -0.2) is 28.5 Å². The molecule has 3 aromatic rings. The van der Waals surface area contributed by atoms with Gasteiger partial charge in [-0.2, -0.15) is 0 Å². The Morgan fingerprint density at radius 3 is 2.57 bits per heavy atom. The van der Waals surface area contributed by atoms with Crippen molar-refractivity contribution < 1.29 is 14.4 Å². The van der Waals surface area contributed by atoms with Crippen LogP contribution in [0.1, 0.15) is 16.7 Å². The van der Waals surface area contributed by atoms with Crippen LogP contribution in [0.2, 0.25) is 0 Å². The minimum atomic E-state index is -0.450. The van der Waals surface area contributed by atoms with E-state index >= 15 is 0 Å². The van der Waals surface area contributed by atoms with Gasteiger partial charge >= 0.3 is 0 Å². The van der Waals surface area contributed by atoms with Gasteiger partial charge in [-0.05, 0) is 65.2 Å². The SMILES string of the molecule is Cc1cccc(NC(=O)CN2C(=O)S/C(=C/c3cccc4ccccc34)C2=O)c1C. The molecule has 3 amide bonds. The number of benzene rings is 3. The highest BCUT2D eigenvalue weighted by Crippen LogP contribution is 2.33. The number of nitrogens with zero attached hydrogens (tertiary/aromatic N) is 1. The maximum atomic E-state index is 12.8. The van der Waals surface area contributed by atoms with Gasteiger partial charge in [0.05, 0.1) is 4.91 Å². The molecule has 0 saturated carbocycles. The number of thioether (sulfide) groups is 1. The van der Waals surface area contributed by atoms with Gasteiger partial charge in [0.1, 0.15) is 6.54 Å². The fraction of sp³-hybridized carbons (Fsp3) is 0.125. The lowest BCUT2D eigenvalue weighted by atomic mass is 10.0. The van der Waals surface area contributed by atoms with Gasteiger partial charge < -0.3 is 5.32 Å². The van der Waals surface area contributed by atoms with E-state index in [4.69, 9.17) is 0 Å². The molecule has 0 atom stereocenters. The Labute approximate surface area is 178 Å². The van der Waals surface area contributed by atoms with Crippen LogP contribution in [0.5, 0.6) is 0 Å². The summed E-state index contributed by atoms with van der Waals surface area (Å²) in [7, 11) is 0. The Bertz CT molecular complexity index is 1210. The van der Waals surface area contributed by atoms with Crippen molar-refractivity contribution in [2.24, 2.45) is 0 Å². The van der Waals surface area contributed by atoms with Crippen molar-refractivity contribution in [3.05, 3.63) is 82.3 Å². The zero-order chi connectivity index (χ0) is 21.3. The molecule has 1 heterocycles. The van der Waals surface area contributed by atoms with Crippen LogP contribution in [0.15, 0.2) is 65.6 Å². The number of amides is 3. The predicted octanol–water partition coefficient (Wildman–Crippen LogP) is 5.13. The molecule has 3 aromatic carbocycles. The zero-order valence-electron chi connectivity index (χ0n) is 16.6. The van der Waals surface area contributed by atoms with E-state index in [2.05, 4.69) is 5.32 Å². The number of fused-ring (bicyclic) bond motifs is 1. The molecule has 1 saturated heterocycles. The molecule has 4 rings (SSSR count). The van der Waals surface area contributed by atoms with E-state index in [0.717, 1.165) is 44.1 Å². The van der Waals surface area contributed by atoms with E-state index in [1.165, 1.54) is 0 Å². The number of imide groups is 1. The van der Waals surface area contributed by atoms with Gasteiger partial charge in [-0.1, -0.05) is 54.6 Å². The van der Waals surface area contributed by atoms with Crippen LogP contribution >= 0.6 is 11.8 Å². The third kappa shape index (κ3) is 3.86. The Morgan fingerprint density at radius 2 is 1.73 bits per heavy atom. The number of aryl methyl sites for hydroxylation is 1. The third-order valence-electron chi connectivity index (χ3n) is 5.16. The smallest absolute Gasteiger partial charge is 0.294 e. The van der Waals surface area contributed by atoms with E-state index in [-0.39, 0.29) is 6.54 Å². The molecular weight excluding hydrogens is 396 g/mol. The first-order valence-electron chi connectivity index (χ1n) is 9.53. The minimum Gasteiger partial charge on any atom is -0.324 e. The monoisotopic (exact) mass is 416 g/mol. The van der Waals surface area contributed by atoms with Crippen LogP contribution in [0, 0.1) is 13.8 Å². The van der Waals surface area contributed by atoms with E-state index < -0.39 is 17.1 Å². The molecule has 0 radical (unpaired) electrons. The summed E-state index contributed by atoms with van der Waals surface area (Å²) in [5.41, 5.74) is 3.55. The van der Waals surface area contributed by atoms with Crippen LogP contribution in [0.3, 0.4) is 0 Å². The second-order valence-electron chi connectivity index (χ2n) is 7.13. The van der Waals surface area contributed by atoms with Gasteiger partial charge in [-0.3, -0.25) is 19.3 Å². The van der Waals surface area contributed by atoms with E-state index in [9.17, 15) is 14.4 Å². The van der Waals surface area contributed by atoms with Crippen molar-refractivity contribution in [2.45, 2.75) is 13.8 Å². The quantitative estimate of drug-likeness (QED) is 0.599. The second-order valence-corrected chi connectivity index (χ2v) is 8.13. The highest BCUT2D eigenvalue weighted by molar-refractivity contribution is 8.18. The molecule has 1 fully saturated rings. The lowest BCUT2D eigenvalue weighted by Crippen LogP contribution is -2.36. The van der Waals surface area contributed by atoms with Gasteiger partial charge in [-0.25, -0.2) is 0 Å². The molecule has 0 bridgehead atoms. The van der Waals surface area contributed by atoms with Crippen molar-refractivity contribution in [1.82, 2.24) is 4.90 Å². The van der Waals surface area contributed by atoms with E-state index in [1.807, 2.05) is 68.4 Å². The molecule has 1 aliphatic rings. The van der Waals surface area contributed by atoms with Crippen molar-refractivity contribution in [3.8, 4) is 0 Å². The molecular formula is C24H20N2O3S. The average molecular weight is 417 g/mol. The molecule has 0 aliphatic carbocycles. The molecule has 6 heteroatoms. The molecule has 0 aromatic heterocycles. The fourth-order valence-electron chi connectivity index (χ4n) is 3.37. The van der Waals surface area contributed by atoms with E-state index in [0.29, 0.717) is 10.6 Å². The van der Waals surface area contributed by atoms with Crippen LogP contribution in [0.25, 0.3) is 16.8 Å². The Hall–Kier alpha value is -3.38. The highest BCUT2D eigenvalue weighted by Gasteiger charge is 2.36. The number of anilines is 1. The summed E-state index contributed by atoms with van der Waals surface area (Å²) in [6.45, 7) is 3.56. The average Bonchev–Trinajstić information content (AvgIpc) is 2.99. The summed E-state index contributed by atoms with van der Waals surface area (Å²) in [5, 5.41) is 4.41. The van der Waals surface area contributed by atoms with Gasteiger partial charge in [0.25, 0.3) is 11.1 Å². The normalized spacial score (nSPS) is 15.3. The minimum absolute atomic E-state index is 0.315. The largest absolute Gasteiger partial charge is 0.324 e. The van der Waals surface area contributed by atoms with Crippen molar-refractivity contribution in [2.75, 3.05) is 11.9 Å². The maximum Gasteiger partial charge on any atom is 0.294 e. The molecule has 30 heavy (non-hydrogen) atoms. The lowest BCUT2D eigenvalue weighted by Gasteiger charge is -2.14. The summed E-state index contributed by atoms with van der Waals surface area (Å²) in [5.74, 6) is -0.855. The number of hydrogen-bond acceptors (Lipinski definition) is 4. The molecule has 1 aliphatic heterocycles. The van der Waals surface area contributed by atoms with Gasteiger partial charge in [-0.15, -0.1) is 0 Å². The number of carbonyl (C=O) groups excluding carboxylic acids is 3. The summed E-state index contributed by atoms with van der Waals surface area (Å²) in [4.78, 5) is 39.0. The van der Waals surface area contributed by atoms with Crippen LogP contribution in [0.4, 0.5) is 10.5 Å². The third-order valence-corrected chi connectivity index (χ3v) is 6.07. The number of carbonyl (C=O) groups is 3. The first-order valence-corrected chi connectivity index (χ1v) is 10.3. The topological polar surface area (TPSA) is 66.5 Å². The van der Waals surface area contributed by atoms with Crippen LogP contribution < -0.4 is 5.32 Å². The highest BCUT2D eigenvalue weighted by atomic mass is 32.2. The molecule has 0 spiro atoms. The standard InChI is InChI=1S/C24H20N2O3S/c1-15-7-5-12-20(16(15)2)25-22(27)14-26-23(28)21(30-24(26)29)13-18-10-6-9-17-8-3-4-11-19(17)18/h3-13H,14H2,1-2H3,(H,25,27)/b21-13+. The Kier molecular flexibility index (Phi) is 5.42. The van der Waals surface area contributed by atoms with Crippen molar-refractivity contribution >= 4 is 51.4 Å². The zero-order valence-corrected chi connectivity index (χ0v) is 17.5. The number of hydrogen-bond donors (Lipinski definition) is 1. The summed E-state index contributed by atoms with van der Waals surface area (Å²) in [6.07, 6.45) is 1.72. The summed E-state index contributed by atoms with van der Waals surface area (Å²) >= 11 is 0.858. The first-order chi connectivity index (χ1) is 14.4. The first kappa shape index (κ1) is 19.9. The van der Waals surface area contributed by atoms with Crippen LogP contribution in [-0.2, 0) is 9.59 Å². The van der Waals surface area contributed by atoms with Gasteiger partial charge in [0, 0.05) is 5.69 Å². The van der Waals surface area contributed by atoms with Gasteiger partial charge in [0.2, 0.25) is 5.91 Å². The van der Waals surface area contributed by atoms with Gasteiger partial charge in [0.15, 0.2) is 0 Å². The molecule has 0 unspecified atom stereocenters. The Morgan fingerprint density at radius 1 is 1.00 bits per heavy atom. The fourth-order valence-corrected chi connectivity index (χ4v) is 4.20. The number of rotatable bonds is 4. The number of nitrogens with one attached hydrogen (secondary N) is 1. The maximum absolute atomic E-state index is 12.8. The van der Waals surface area contributed by atoms with E-state index in [1.54, 1.807) is 12.1 Å².